The predicted molar refractivity (Wildman–Crippen MR) is 111 cm³/mol. The maximum Gasteiger partial charge on any atom is 0.359 e. The van der Waals surface area contributed by atoms with Crippen LogP contribution in [-0.2, 0) is 11.3 Å². The average molecular weight is 410 g/mol. The lowest BCUT2D eigenvalue weighted by atomic mass is 10.1. The summed E-state index contributed by atoms with van der Waals surface area (Å²) < 4.78 is 7.30. The number of benzene rings is 2. The minimum Gasteiger partial charge on any atom is -0.455 e. The van der Waals surface area contributed by atoms with E-state index in [1.54, 1.807) is 60.8 Å². The third kappa shape index (κ3) is 3.63. The second-order valence-electron chi connectivity index (χ2n) is 7.80. The van der Waals surface area contributed by atoms with Gasteiger partial charge in [0.15, 0.2) is 5.69 Å². The fourth-order valence-electron chi connectivity index (χ4n) is 3.30. The van der Waals surface area contributed by atoms with Gasteiger partial charge in [-0.2, -0.15) is 0 Å². The van der Waals surface area contributed by atoms with Crippen LogP contribution in [-0.4, -0.2) is 27.0 Å². The van der Waals surface area contributed by atoms with Gasteiger partial charge in [-0.15, -0.1) is 0 Å². The molecule has 0 saturated heterocycles. The second-order valence-corrected chi connectivity index (χ2v) is 8.24. The minimum absolute atomic E-state index is 0.176. The molecule has 1 aliphatic heterocycles. The van der Waals surface area contributed by atoms with E-state index in [1.807, 2.05) is 24.3 Å². The number of aromatic nitrogens is 2. The van der Waals surface area contributed by atoms with Crippen molar-refractivity contribution in [3.05, 3.63) is 76.8 Å². The van der Waals surface area contributed by atoms with Crippen molar-refractivity contribution in [1.82, 2.24) is 9.55 Å². The van der Waals surface area contributed by atoms with Crippen LogP contribution in [0.2, 0.25) is 5.02 Å². The Bertz CT molecular complexity index is 1100. The average Bonchev–Trinajstić information content (AvgIpc) is 3.10. The largest absolute Gasteiger partial charge is 0.455 e. The lowest BCUT2D eigenvalue weighted by Gasteiger charge is -2.31. The number of rotatable bonds is 2. The summed E-state index contributed by atoms with van der Waals surface area (Å²) in [5.41, 5.74) is 2.08. The first kappa shape index (κ1) is 19.2. The monoisotopic (exact) mass is 409 g/mol. The van der Waals surface area contributed by atoms with Crippen LogP contribution in [0.1, 0.15) is 47.3 Å². The van der Waals surface area contributed by atoms with Gasteiger partial charge in [0, 0.05) is 10.6 Å². The van der Waals surface area contributed by atoms with Gasteiger partial charge in [-0.3, -0.25) is 9.36 Å². The second kappa shape index (κ2) is 7.04. The number of hydrogen-bond donors (Lipinski definition) is 0. The van der Waals surface area contributed by atoms with Crippen molar-refractivity contribution in [1.29, 1.82) is 0 Å². The molecule has 0 fully saturated rings. The van der Waals surface area contributed by atoms with Crippen LogP contribution < -0.4 is 4.90 Å². The first-order chi connectivity index (χ1) is 13.7. The van der Waals surface area contributed by atoms with E-state index in [0.29, 0.717) is 22.0 Å². The third-order valence-corrected chi connectivity index (χ3v) is 4.76. The molecule has 0 N–H and O–H groups in total. The summed E-state index contributed by atoms with van der Waals surface area (Å²) in [5.74, 6) is -0.701. The normalized spacial score (nSPS) is 12.9. The van der Waals surface area contributed by atoms with Gasteiger partial charge in [0.2, 0.25) is 0 Å². The molecule has 0 bridgehead atoms. The van der Waals surface area contributed by atoms with Crippen LogP contribution in [0.4, 0.5) is 5.69 Å². The Morgan fingerprint density at radius 3 is 2.48 bits per heavy atom. The van der Waals surface area contributed by atoms with Gasteiger partial charge in [-0.05, 0) is 51.1 Å². The molecule has 148 valence electrons. The first-order valence-corrected chi connectivity index (χ1v) is 9.59. The molecule has 7 heteroatoms. The van der Waals surface area contributed by atoms with Crippen LogP contribution in [0.5, 0.6) is 0 Å². The zero-order valence-electron chi connectivity index (χ0n) is 16.3. The number of hydrogen-bond acceptors (Lipinski definition) is 4. The van der Waals surface area contributed by atoms with E-state index in [1.165, 1.54) is 0 Å². The molecule has 2 aromatic carbocycles. The van der Waals surface area contributed by atoms with E-state index in [9.17, 15) is 9.59 Å². The van der Waals surface area contributed by atoms with Gasteiger partial charge in [0.1, 0.15) is 11.9 Å². The van der Waals surface area contributed by atoms with Crippen molar-refractivity contribution in [2.24, 2.45) is 0 Å². The third-order valence-electron chi connectivity index (χ3n) is 4.52. The van der Waals surface area contributed by atoms with Crippen molar-refractivity contribution in [2.75, 3.05) is 4.90 Å². The Balaban J connectivity index is 1.81. The molecule has 0 unspecified atom stereocenters. The predicted octanol–water partition coefficient (Wildman–Crippen LogP) is 4.64. The quantitative estimate of drug-likeness (QED) is 0.578. The lowest BCUT2D eigenvalue weighted by molar-refractivity contribution is 0.00617. The number of nitrogens with zero attached hydrogens (tertiary/aromatic N) is 3. The zero-order chi connectivity index (χ0) is 20.8. The smallest absolute Gasteiger partial charge is 0.359 e. The molecule has 3 aromatic rings. The number of imidazole rings is 1. The number of carbonyl (C=O) groups is 2. The Morgan fingerprint density at radius 1 is 1.07 bits per heavy atom. The van der Waals surface area contributed by atoms with E-state index in [4.69, 9.17) is 16.3 Å². The van der Waals surface area contributed by atoms with E-state index < -0.39 is 11.6 Å². The van der Waals surface area contributed by atoms with Crippen molar-refractivity contribution >= 4 is 29.2 Å². The summed E-state index contributed by atoms with van der Waals surface area (Å²) >= 11 is 6.21. The topological polar surface area (TPSA) is 64.4 Å². The summed E-state index contributed by atoms with van der Waals surface area (Å²) in [6.07, 6.45) is 1.58. The van der Waals surface area contributed by atoms with Crippen molar-refractivity contribution in [3.63, 3.8) is 0 Å². The molecule has 0 aliphatic carbocycles. The highest BCUT2D eigenvalue weighted by Gasteiger charge is 2.33. The van der Waals surface area contributed by atoms with Gasteiger partial charge in [-0.1, -0.05) is 29.8 Å². The fraction of sp³-hybridized carbons (Fsp3) is 0.227. The summed E-state index contributed by atoms with van der Waals surface area (Å²) in [7, 11) is 0. The fourth-order valence-corrected chi connectivity index (χ4v) is 3.46. The number of esters is 1. The molecule has 4 rings (SSSR count). The molecule has 29 heavy (non-hydrogen) atoms. The highest BCUT2D eigenvalue weighted by molar-refractivity contribution is 6.31. The van der Waals surface area contributed by atoms with Crippen molar-refractivity contribution in [3.8, 4) is 5.69 Å². The highest BCUT2D eigenvalue weighted by atomic mass is 35.5. The Hall–Kier alpha value is -3.12. The standard InChI is InChI=1S/C22H20ClN3O3/c1-22(2,3)29-21(28)19-18-12-25(20(27)14-7-5-4-6-8-14)17-11-15(23)9-10-16(17)26(18)13-24-19/h4-11,13H,12H2,1-3H3. The highest BCUT2D eigenvalue weighted by Crippen LogP contribution is 2.36. The molecular weight excluding hydrogens is 390 g/mol. The molecule has 0 atom stereocenters. The van der Waals surface area contributed by atoms with Crippen molar-refractivity contribution in [2.45, 2.75) is 32.9 Å². The van der Waals surface area contributed by atoms with E-state index in [-0.39, 0.29) is 18.1 Å². The summed E-state index contributed by atoms with van der Waals surface area (Å²) in [4.78, 5) is 31.8. The van der Waals surface area contributed by atoms with Crippen LogP contribution in [0.15, 0.2) is 54.9 Å². The number of halogens is 1. The molecule has 0 spiro atoms. The molecule has 1 aromatic heterocycles. The lowest BCUT2D eigenvalue weighted by Crippen LogP contribution is -2.36. The molecule has 0 saturated carbocycles. The molecule has 2 heterocycles. The molecule has 0 radical (unpaired) electrons. The number of anilines is 1. The Kier molecular flexibility index (Phi) is 4.67. The maximum atomic E-state index is 13.3. The van der Waals surface area contributed by atoms with Crippen LogP contribution in [0.25, 0.3) is 5.69 Å². The molecule has 1 aliphatic rings. The van der Waals surface area contributed by atoms with E-state index in [2.05, 4.69) is 4.98 Å². The summed E-state index contributed by atoms with van der Waals surface area (Å²) in [6, 6.07) is 14.3. The van der Waals surface area contributed by atoms with E-state index >= 15 is 0 Å². The number of carbonyl (C=O) groups excluding carboxylic acids is 2. The Morgan fingerprint density at radius 2 is 1.79 bits per heavy atom. The van der Waals surface area contributed by atoms with Crippen LogP contribution >= 0.6 is 11.6 Å². The molecular formula is C22H20ClN3O3. The van der Waals surface area contributed by atoms with E-state index in [0.717, 1.165) is 5.69 Å². The summed E-state index contributed by atoms with van der Waals surface area (Å²) in [5, 5.41) is 0.519. The zero-order valence-corrected chi connectivity index (χ0v) is 17.1. The molecule has 6 nitrogen and oxygen atoms in total. The van der Waals surface area contributed by atoms with Gasteiger partial charge in [0.05, 0.1) is 23.6 Å². The van der Waals surface area contributed by atoms with Crippen molar-refractivity contribution < 1.29 is 14.3 Å². The van der Waals surface area contributed by atoms with Gasteiger partial charge in [-0.25, -0.2) is 9.78 Å². The number of fused-ring (bicyclic) bond motifs is 3. The molecule has 1 amide bonds. The Labute approximate surface area is 173 Å². The SMILES string of the molecule is CC(C)(C)OC(=O)c1ncn2c1CN(C(=O)c1ccccc1)c1cc(Cl)ccc1-2. The summed E-state index contributed by atoms with van der Waals surface area (Å²) in [6.45, 7) is 5.58. The number of ether oxygens (including phenoxy) is 1. The van der Waals surface area contributed by atoms with Gasteiger partial charge < -0.3 is 9.64 Å². The number of amides is 1. The van der Waals surface area contributed by atoms with Gasteiger partial charge in [0.25, 0.3) is 5.91 Å². The first-order valence-electron chi connectivity index (χ1n) is 9.21. The minimum atomic E-state index is -0.646. The van der Waals surface area contributed by atoms with Crippen LogP contribution in [0, 0.1) is 0 Å². The van der Waals surface area contributed by atoms with Crippen LogP contribution in [0.3, 0.4) is 0 Å². The van der Waals surface area contributed by atoms with Gasteiger partial charge >= 0.3 is 5.97 Å². The maximum absolute atomic E-state index is 13.3.